The molecule has 4 amide bonds. The molecule has 0 saturated carbocycles. The van der Waals surface area contributed by atoms with Crippen LogP contribution in [0.25, 0.3) is 0 Å². The van der Waals surface area contributed by atoms with Gasteiger partial charge in [-0.25, -0.2) is 9.59 Å². The average Bonchev–Trinajstić information content (AvgIpc) is 1.82. The van der Waals surface area contributed by atoms with Crippen LogP contribution in [0, 0.1) is 0 Å². The fraction of sp³-hybridized carbons (Fsp3) is 0.600. The zero-order valence-electron chi connectivity index (χ0n) is 5.84. The van der Waals surface area contributed by atoms with Crippen LogP contribution in [0.5, 0.6) is 0 Å². The molecule has 1 atom stereocenters. The van der Waals surface area contributed by atoms with Gasteiger partial charge in [-0.2, -0.15) is 0 Å². The van der Waals surface area contributed by atoms with Crippen LogP contribution in [0.2, 0.25) is 0 Å². The molecule has 0 bridgehead atoms. The number of carbonyl (C=O) groups excluding carboxylic acids is 2. The van der Waals surface area contributed by atoms with Gasteiger partial charge in [0.2, 0.25) is 0 Å². The van der Waals surface area contributed by atoms with Gasteiger partial charge in [0.1, 0.15) is 6.17 Å². The summed E-state index contributed by atoms with van der Waals surface area (Å²) in [5.74, 6) is 0. The van der Waals surface area contributed by atoms with Crippen LogP contribution >= 0.6 is 0 Å². The number of carbonyl (C=O) groups is 2. The number of amides is 4. The number of nitrogens with one attached hydrogen (secondary N) is 2. The lowest BCUT2D eigenvalue weighted by Crippen LogP contribution is -2.60. The second-order valence-electron chi connectivity index (χ2n) is 2.19. The molecule has 5 heteroatoms. The Morgan fingerprint density at radius 1 is 1.50 bits per heavy atom. The van der Waals surface area contributed by atoms with Gasteiger partial charge in [-0.05, 0) is 6.92 Å². The first-order valence-electron chi connectivity index (χ1n) is 2.95. The first-order chi connectivity index (χ1) is 4.61. The zero-order valence-corrected chi connectivity index (χ0v) is 5.84. The van der Waals surface area contributed by atoms with Crippen molar-refractivity contribution in [1.82, 2.24) is 15.5 Å². The summed E-state index contributed by atoms with van der Waals surface area (Å²) in [6.07, 6.45) is -0.221. The quantitative estimate of drug-likeness (QED) is 0.489. The van der Waals surface area contributed by atoms with E-state index < -0.39 is 6.03 Å². The molecule has 0 radical (unpaired) electrons. The Labute approximate surface area is 58.4 Å². The lowest BCUT2D eigenvalue weighted by atomic mass is 10.4. The summed E-state index contributed by atoms with van der Waals surface area (Å²) < 4.78 is 0. The predicted octanol–water partition coefficient (Wildman–Crippen LogP) is -0.303. The Hall–Kier alpha value is -1.26. The van der Waals surface area contributed by atoms with Crippen molar-refractivity contribution < 1.29 is 9.59 Å². The largest absolute Gasteiger partial charge is 0.326 e. The van der Waals surface area contributed by atoms with E-state index in [0.717, 1.165) is 0 Å². The SMILES string of the molecule is CC1NC(=O)NC(=O)N1C. The molecule has 1 fully saturated rings. The van der Waals surface area contributed by atoms with E-state index >= 15 is 0 Å². The lowest BCUT2D eigenvalue weighted by molar-refractivity contribution is 0.165. The minimum absolute atomic E-state index is 0.221. The van der Waals surface area contributed by atoms with E-state index in [1.165, 1.54) is 4.90 Å². The molecule has 1 aliphatic heterocycles. The lowest BCUT2D eigenvalue weighted by Gasteiger charge is -2.30. The minimum Gasteiger partial charge on any atom is -0.318 e. The Morgan fingerprint density at radius 2 is 2.10 bits per heavy atom. The van der Waals surface area contributed by atoms with E-state index in [-0.39, 0.29) is 12.2 Å². The molecule has 1 heterocycles. The van der Waals surface area contributed by atoms with Gasteiger partial charge >= 0.3 is 12.1 Å². The predicted molar refractivity (Wildman–Crippen MR) is 34.3 cm³/mol. The van der Waals surface area contributed by atoms with Crippen molar-refractivity contribution in [2.45, 2.75) is 13.1 Å². The van der Waals surface area contributed by atoms with E-state index in [1.807, 2.05) is 0 Å². The second kappa shape index (κ2) is 2.17. The average molecular weight is 143 g/mol. The molecule has 0 aromatic heterocycles. The van der Waals surface area contributed by atoms with Crippen LogP contribution in [0.1, 0.15) is 6.92 Å². The molecular formula is C5H9N3O2. The van der Waals surface area contributed by atoms with Crippen molar-refractivity contribution in [2.75, 3.05) is 7.05 Å². The highest BCUT2D eigenvalue weighted by Gasteiger charge is 2.24. The van der Waals surface area contributed by atoms with Crippen molar-refractivity contribution in [2.24, 2.45) is 0 Å². The van der Waals surface area contributed by atoms with Gasteiger partial charge in [0.05, 0.1) is 0 Å². The van der Waals surface area contributed by atoms with Crippen LogP contribution in [-0.2, 0) is 0 Å². The molecule has 56 valence electrons. The van der Waals surface area contributed by atoms with Crippen LogP contribution < -0.4 is 10.6 Å². The summed E-state index contributed by atoms with van der Waals surface area (Å²) in [6, 6.07) is -0.799. The number of rotatable bonds is 0. The molecular weight excluding hydrogens is 134 g/mol. The first kappa shape index (κ1) is 6.85. The third kappa shape index (κ3) is 1.02. The number of urea groups is 2. The monoisotopic (exact) mass is 143 g/mol. The van der Waals surface area contributed by atoms with Crippen LogP contribution in [0.3, 0.4) is 0 Å². The van der Waals surface area contributed by atoms with E-state index in [9.17, 15) is 9.59 Å². The molecule has 1 saturated heterocycles. The highest BCUT2D eigenvalue weighted by molar-refractivity contribution is 5.95. The van der Waals surface area contributed by atoms with E-state index in [2.05, 4.69) is 10.6 Å². The normalized spacial score (nSPS) is 25.8. The van der Waals surface area contributed by atoms with E-state index in [4.69, 9.17) is 0 Å². The summed E-state index contributed by atoms with van der Waals surface area (Å²) in [7, 11) is 1.61. The van der Waals surface area contributed by atoms with E-state index in [1.54, 1.807) is 14.0 Å². The maximum atomic E-state index is 10.8. The van der Waals surface area contributed by atoms with Crippen molar-refractivity contribution in [3.63, 3.8) is 0 Å². The molecule has 2 N–H and O–H groups in total. The number of imide groups is 1. The maximum Gasteiger partial charge on any atom is 0.326 e. The molecule has 0 aromatic carbocycles. The maximum absolute atomic E-state index is 10.8. The van der Waals surface area contributed by atoms with Gasteiger partial charge in [0.25, 0.3) is 0 Å². The highest BCUT2D eigenvalue weighted by Crippen LogP contribution is 1.96. The fourth-order valence-corrected chi connectivity index (χ4v) is 0.684. The number of hydrogen-bond acceptors (Lipinski definition) is 2. The van der Waals surface area contributed by atoms with E-state index in [0.29, 0.717) is 0 Å². The smallest absolute Gasteiger partial charge is 0.318 e. The van der Waals surface area contributed by atoms with Crippen molar-refractivity contribution >= 4 is 12.1 Å². The Balaban J connectivity index is 2.66. The molecule has 10 heavy (non-hydrogen) atoms. The van der Waals surface area contributed by atoms with Crippen molar-refractivity contribution in [1.29, 1.82) is 0 Å². The molecule has 1 rings (SSSR count). The second-order valence-corrected chi connectivity index (χ2v) is 2.19. The van der Waals surface area contributed by atoms with Crippen molar-refractivity contribution in [3.8, 4) is 0 Å². The van der Waals surface area contributed by atoms with Gasteiger partial charge in [-0.15, -0.1) is 0 Å². The molecule has 5 nitrogen and oxygen atoms in total. The van der Waals surface area contributed by atoms with Gasteiger partial charge in [0, 0.05) is 7.05 Å². The van der Waals surface area contributed by atoms with Crippen LogP contribution in [-0.4, -0.2) is 30.2 Å². The zero-order chi connectivity index (χ0) is 7.72. The molecule has 1 aliphatic rings. The highest BCUT2D eigenvalue weighted by atomic mass is 16.2. The topological polar surface area (TPSA) is 61.4 Å². The van der Waals surface area contributed by atoms with Crippen LogP contribution in [0.4, 0.5) is 9.59 Å². The Bertz CT molecular complexity index is 180. The number of hydrogen-bond donors (Lipinski definition) is 2. The minimum atomic E-state index is -0.435. The van der Waals surface area contributed by atoms with Crippen LogP contribution in [0.15, 0.2) is 0 Å². The van der Waals surface area contributed by atoms with Gasteiger partial charge in [-0.3, -0.25) is 5.32 Å². The molecule has 1 unspecified atom stereocenters. The summed E-state index contributed by atoms with van der Waals surface area (Å²) in [5, 5.41) is 4.61. The third-order valence-corrected chi connectivity index (χ3v) is 1.46. The number of nitrogens with zero attached hydrogens (tertiary/aromatic N) is 1. The molecule has 0 aromatic rings. The summed E-state index contributed by atoms with van der Waals surface area (Å²) in [6.45, 7) is 1.73. The van der Waals surface area contributed by atoms with Crippen molar-refractivity contribution in [3.05, 3.63) is 0 Å². The van der Waals surface area contributed by atoms with Gasteiger partial charge in [0.15, 0.2) is 0 Å². The molecule has 0 spiro atoms. The van der Waals surface area contributed by atoms with Gasteiger partial charge in [-0.1, -0.05) is 0 Å². The molecule has 0 aliphatic carbocycles. The summed E-state index contributed by atoms with van der Waals surface area (Å²) >= 11 is 0. The fourth-order valence-electron chi connectivity index (χ4n) is 0.684. The standard InChI is InChI=1S/C5H9N3O2/c1-3-6-4(9)7-5(10)8(3)2/h3H,1-2H3,(H2,6,7,9,10). The Kier molecular flexibility index (Phi) is 1.48. The summed E-state index contributed by atoms with van der Waals surface area (Å²) in [4.78, 5) is 22.7. The van der Waals surface area contributed by atoms with Gasteiger partial charge < -0.3 is 10.2 Å². The Morgan fingerprint density at radius 3 is 2.60 bits per heavy atom. The third-order valence-electron chi connectivity index (χ3n) is 1.46. The summed E-state index contributed by atoms with van der Waals surface area (Å²) in [5.41, 5.74) is 0. The first-order valence-corrected chi connectivity index (χ1v) is 2.95.